The SMILES string of the molecule is CCCc1ccc(-c2ccnc(C(C)(C)CN)n2)cc1. The van der Waals surface area contributed by atoms with Gasteiger partial charge < -0.3 is 5.73 Å². The zero-order valence-electron chi connectivity index (χ0n) is 12.6. The van der Waals surface area contributed by atoms with Crippen molar-refractivity contribution in [3.63, 3.8) is 0 Å². The lowest BCUT2D eigenvalue weighted by Crippen LogP contribution is -2.30. The summed E-state index contributed by atoms with van der Waals surface area (Å²) in [6.07, 6.45) is 4.10. The highest BCUT2D eigenvalue weighted by atomic mass is 14.9. The number of aromatic nitrogens is 2. The van der Waals surface area contributed by atoms with E-state index in [1.165, 1.54) is 12.0 Å². The highest BCUT2D eigenvalue weighted by Crippen LogP contribution is 2.22. The van der Waals surface area contributed by atoms with Crippen molar-refractivity contribution in [1.82, 2.24) is 9.97 Å². The van der Waals surface area contributed by atoms with Crippen molar-refractivity contribution in [2.24, 2.45) is 5.73 Å². The summed E-state index contributed by atoms with van der Waals surface area (Å²) in [6.45, 7) is 6.86. The molecular formula is C17H23N3. The summed E-state index contributed by atoms with van der Waals surface area (Å²) in [5.74, 6) is 0.801. The zero-order valence-corrected chi connectivity index (χ0v) is 12.6. The van der Waals surface area contributed by atoms with Gasteiger partial charge in [-0.15, -0.1) is 0 Å². The van der Waals surface area contributed by atoms with Gasteiger partial charge >= 0.3 is 0 Å². The minimum Gasteiger partial charge on any atom is -0.329 e. The van der Waals surface area contributed by atoms with Gasteiger partial charge in [-0.1, -0.05) is 51.5 Å². The molecule has 2 N–H and O–H groups in total. The van der Waals surface area contributed by atoms with E-state index in [-0.39, 0.29) is 5.41 Å². The predicted molar refractivity (Wildman–Crippen MR) is 83.5 cm³/mol. The fourth-order valence-electron chi connectivity index (χ4n) is 2.07. The highest BCUT2D eigenvalue weighted by Gasteiger charge is 2.22. The molecule has 1 heterocycles. The third-order valence-corrected chi connectivity index (χ3v) is 3.56. The van der Waals surface area contributed by atoms with Crippen molar-refractivity contribution in [2.45, 2.75) is 39.0 Å². The Kier molecular flexibility index (Phi) is 4.50. The second kappa shape index (κ2) is 6.14. The molecule has 0 aliphatic carbocycles. The van der Waals surface area contributed by atoms with Crippen LogP contribution < -0.4 is 5.73 Å². The highest BCUT2D eigenvalue weighted by molar-refractivity contribution is 5.59. The molecule has 0 radical (unpaired) electrons. The van der Waals surface area contributed by atoms with Gasteiger partial charge in [-0.2, -0.15) is 0 Å². The van der Waals surface area contributed by atoms with Crippen LogP contribution in [-0.4, -0.2) is 16.5 Å². The molecule has 2 aromatic rings. The van der Waals surface area contributed by atoms with Crippen LogP contribution in [0.5, 0.6) is 0 Å². The van der Waals surface area contributed by atoms with Crippen molar-refractivity contribution < 1.29 is 0 Å². The number of aryl methyl sites for hydroxylation is 1. The number of hydrogen-bond donors (Lipinski definition) is 1. The molecule has 2 rings (SSSR count). The topological polar surface area (TPSA) is 51.8 Å². The third-order valence-electron chi connectivity index (χ3n) is 3.56. The van der Waals surface area contributed by atoms with Crippen LogP contribution in [0, 0.1) is 0 Å². The Labute approximate surface area is 121 Å². The minimum atomic E-state index is -0.196. The summed E-state index contributed by atoms with van der Waals surface area (Å²) in [5.41, 5.74) is 9.06. The van der Waals surface area contributed by atoms with Crippen LogP contribution in [-0.2, 0) is 11.8 Å². The molecule has 106 valence electrons. The normalized spacial score (nSPS) is 11.6. The lowest BCUT2D eigenvalue weighted by atomic mass is 9.92. The second-order valence-corrected chi connectivity index (χ2v) is 5.80. The van der Waals surface area contributed by atoms with Crippen LogP contribution in [0.3, 0.4) is 0 Å². The van der Waals surface area contributed by atoms with Crippen LogP contribution in [0.4, 0.5) is 0 Å². The Morgan fingerprint density at radius 3 is 2.40 bits per heavy atom. The van der Waals surface area contributed by atoms with Crippen molar-refractivity contribution in [2.75, 3.05) is 6.54 Å². The molecule has 0 atom stereocenters. The molecule has 0 aliphatic rings. The molecule has 0 bridgehead atoms. The molecular weight excluding hydrogens is 246 g/mol. The third kappa shape index (κ3) is 3.23. The quantitative estimate of drug-likeness (QED) is 0.905. The monoisotopic (exact) mass is 269 g/mol. The summed E-state index contributed by atoms with van der Waals surface area (Å²) < 4.78 is 0. The second-order valence-electron chi connectivity index (χ2n) is 5.80. The number of nitrogens with two attached hydrogens (primary N) is 1. The van der Waals surface area contributed by atoms with E-state index in [0.717, 1.165) is 23.5 Å². The molecule has 3 nitrogen and oxygen atoms in total. The molecule has 0 spiro atoms. The van der Waals surface area contributed by atoms with Gasteiger partial charge in [-0.3, -0.25) is 0 Å². The van der Waals surface area contributed by atoms with Gasteiger partial charge in [-0.05, 0) is 18.1 Å². The maximum atomic E-state index is 5.80. The number of hydrogen-bond acceptors (Lipinski definition) is 3. The molecule has 3 heteroatoms. The number of benzene rings is 1. The Morgan fingerprint density at radius 2 is 1.80 bits per heavy atom. The average molecular weight is 269 g/mol. The summed E-state index contributed by atoms with van der Waals surface area (Å²) in [5, 5.41) is 0. The number of nitrogens with zero attached hydrogens (tertiary/aromatic N) is 2. The molecule has 0 saturated carbocycles. The predicted octanol–water partition coefficient (Wildman–Crippen LogP) is 3.33. The van der Waals surface area contributed by atoms with E-state index in [2.05, 4.69) is 55.0 Å². The van der Waals surface area contributed by atoms with E-state index in [1.807, 2.05) is 12.3 Å². The minimum absolute atomic E-state index is 0.196. The number of rotatable bonds is 5. The zero-order chi connectivity index (χ0) is 14.6. The van der Waals surface area contributed by atoms with Gasteiger partial charge in [-0.25, -0.2) is 9.97 Å². The van der Waals surface area contributed by atoms with E-state index in [9.17, 15) is 0 Å². The van der Waals surface area contributed by atoms with Crippen LogP contribution in [0.25, 0.3) is 11.3 Å². The first-order valence-corrected chi connectivity index (χ1v) is 7.19. The largest absolute Gasteiger partial charge is 0.329 e. The van der Waals surface area contributed by atoms with E-state index < -0.39 is 0 Å². The van der Waals surface area contributed by atoms with Crippen LogP contribution in [0.2, 0.25) is 0 Å². The van der Waals surface area contributed by atoms with Gasteiger partial charge in [0.25, 0.3) is 0 Å². The first kappa shape index (κ1) is 14.7. The van der Waals surface area contributed by atoms with Crippen LogP contribution in [0.15, 0.2) is 36.5 Å². The van der Waals surface area contributed by atoms with E-state index >= 15 is 0 Å². The summed E-state index contributed by atoms with van der Waals surface area (Å²) >= 11 is 0. The Bertz CT molecular complexity index is 559. The van der Waals surface area contributed by atoms with Crippen molar-refractivity contribution in [3.05, 3.63) is 47.9 Å². The lowest BCUT2D eigenvalue weighted by Gasteiger charge is -2.20. The van der Waals surface area contributed by atoms with Crippen LogP contribution >= 0.6 is 0 Å². The summed E-state index contributed by atoms with van der Waals surface area (Å²) in [6, 6.07) is 10.6. The molecule has 0 amide bonds. The van der Waals surface area contributed by atoms with E-state index in [0.29, 0.717) is 6.54 Å². The first-order valence-electron chi connectivity index (χ1n) is 7.19. The molecule has 0 saturated heterocycles. The van der Waals surface area contributed by atoms with E-state index in [4.69, 9.17) is 5.73 Å². The van der Waals surface area contributed by atoms with E-state index in [1.54, 1.807) is 0 Å². The summed E-state index contributed by atoms with van der Waals surface area (Å²) in [7, 11) is 0. The van der Waals surface area contributed by atoms with Crippen molar-refractivity contribution in [1.29, 1.82) is 0 Å². The lowest BCUT2D eigenvalue weighted by molar-refractivity contribution is 0.503. The first-order chi connectivity index (χ1) is 9.56. The molecule has 1 aromatic heterocycles. The Morgan fingerprint density at radius 1 is 1.10 bits per heavy atom. The molecule has 20 heavy (non-hydrogen) atoms. The maximum Gasteiger partial charge on any atom is 0.135 e. The fourth-order valence-corrected chi connectivity index (χ4v) is 2.07. The van der Waals surface area contributed by atoms with Gasteiger partial charge in [0.1, 0.15) is 5.82 Å². The van der Waals surface area contributed by atoms with Gasteiger partial charge in [0.05, 0.1) is 5.69 Å². The standard InChI is InChI=1S/C17H23N3/c1-4-5-13-6-8-14(9-7-13)15-10-11-19-16(20-15)17(2,3)12-18/h6-11H,4-5,12,18H2,1-3H3. The van der Waals surface area contributed by atoms with Gasteiger partial charge in [0, 0.05) is 23.7 Å². The van der Waals surface area contributed by atoms with Crippen molar-refractivity contribution in [3.8, 4) is 11.3 Å². The van der Waals surface area contributed by atoms with Gasteiger partial charge in [0.15, 0.2) is 0 Å². The Balaban J connectivity index is 2.31. The smallest absolute Gasteiger partial charge is 0.135 e. The average Bonchev–Trinajstić information content (AvgIpc) is 2.48. The maximum absolute atomic E-state index is 5.80. The fraction of sp³-hybridized carbons (Fsp3) is 0.412. The van der Waals surface area contributed by atoms with Crippen molar-refractivity contribution >= 4 is 0 Å². The van der Waals surface area contributed by atoms with Crippen LogP contribution in [0.1, 0.15) is 38.6 Å². The molecule has 0 fully saturated rings. The molecule has 0 aliphatic heterocycles. The Hall–Kier alpha value is -1.74. The molecule has 1 aromatic carbocycles. The summed E-state index contributed by atoms with van der Waals surface area (Å²) in [4.78, 5) is 9.03. The van der Waals surface area contributed by atoms with Gasteiger partial charge in [0.2, 0.25) is 0 Å². The molecule has 0 unspecified atom stereocenters.